The van der Waals surface area contributed by atoms with E-state index in [1.54, 1.807) is 31.2 Å². The fourth-order valence-electron chi connectivity index (χ4n) is 4.45. The third kappa shape index (κ3) is 5.32. The SMILES string of the molecule is CNC(=O)c1c(N(C=O)c2cccc(C(=O)N3CCS(=O)C3)c2)c(C)c(=O)n(C)c1Nc1ccc(C)cc1F. The summed E-state index contributed by atoms with van der Waals surface area (Å²) in [6.45, 7) is 3.56. The number of amides is 3. The fraction of sp³-hybridized carbons (Fsp3) is 0.259. The van der Waals surface area contributed by atoms with E-state index in [4.69, 9.17) is 0 Å². The van der Waals surface area contributed by atoms with Gasteiger partial charge in [-0.15, -0.1) is 0 Å². The van der Waals surface area contributed by atoms with Gasteiger partial charge >= 0.3 is 0 Å². The first-order valence-electron chi connectivity index (χ1n) is 12.0. The van der Waals surface area contributed by atoms with Gasteiger partial charge in [0.2, 0.25) is 6.41 Å². The molecule has 1 atom stereocenters. The number of pyridine rings is 1. The molecule has 12 heteroatoms. The van der Waals surface area contributed by atoms with E-state index in [9.17, 15) is 27.8 Å². The van der Waals surface area contributed by atoms with E-state index in [-0.39, 0.29) is 51.4 Å². The Morgan fingerprint density at radius 2 is 1.90 bits per heavy atom. The molecule has 3 amide bonds. The number of carbonyl (C=O) groups is 3. The molecule has 0 spiro atoms. The minimum absolute atomic E-state index is 0.0191. The van der Waals surface area contributed by atoms with E-state index < -0.39 is 28.1 Å². The van der Waals surface area contributed by atoms with Crippen LogP contribution in [0.1, 0.15) is 31.8 Å². The normalized spacial score (nSPS) is 14.7. The van der Waals surface area contributed by atoms with Gasteiger partial charge in [0.15, 0.2) is 0 Å². The minimum atomic E-state index is -1.11. The van der Waals surface area contributed by atoms with Gasteiger partial charge in [-0.25, -0.2) is 4.39 Å². The quantitative estimate of drug-likeness (QED) is 0.434. The average Bonchev–Trinajstić information content (AvgIpc) is 3.37. The van der Waals surface area contributed by atoms with E-state index in [0.717, 1.165) is 4.90 Å². The third-order valence-electron chi connectivity index (χ3n) is 6.51. The van der Waals surface area contributed by atoms with Crippen LogP contribution >= 0.6 is 0 Å². The summed E-state index contributed by atoms with van der Waals surface area (Å²) in [5.74, 6) is -1.07. The molecule has 39 heavy (non-hydrogen) atoms. The molecule has 1 aromatic heterocycles. The van der Waals surface area contributed by atoms with Crippen molar-refractivity contribution in [2.45, 2.75) is 13.8 Å². The van der Waals surface area contributed by atoms with Gasteiger partial charge < -0.3 is 15.5 Å². The van der Waals surface area contributed by atoms with Gasteiger partial charge in [-0.3, -0.25) is 32.9 Å². The first kappa shape index (κ1) is 27.7. The molecule has 0 aliphatic carbocycles. The number of nitrogens with one attached hydrogen (secondary N) is 2. The summed E-state index contributed by atoms with van der Waals surface area (Å²) in [7, 11) is 1.72. The summed E-state index contributed by atoms with van der Waals surface area (Å²) in [5.41, 5.74) is 0.668. The smallest absolute Gasteiger partial charge is 0.256 e. The molecular formula is C27H28FN5O5S. The van der Waals surface area contributed by atoms with Crippen molar-refractivity contribution in [1.82, 2.24) is 14.8 Å². The Hall–Kier alpha value is -4.32. The lowest BCUT2D eigenvalue weighted by atomic mass is 10.1. The van der Waals surface area contributed by atoms with Crippen molar-refractivity contribution in [1.29, 1.82) is 0 Å². The standard InChI is InChI=1S/C27H28FN5O5S/c1-16-8-9-21(20(28)12-16)30-24-22(25(35)29-3)23(17(2)26(36)31(24)4)33(14-34)19-7-5-6-18(13-19)27(37)32-10-11-39(38)15-32/h5-9,12-14,30H,10-11,15H2,1-4H3,(H,29,35). The zero-order chi connectivity index (χ0) is 28.4. The molecule has 1 unspecified atom stereocenters. The van der Waals surface area contributed by atoms with Gasteiger partial charge in [0.05, 0.1) is 17.3 Å². The Balaban J connectivity index is 1.89. The molecule has 1 fully saturated rings. The van der Waals surface area contributed by atoms with Crippen LogP contribution in [0.2, 0.25) is 0 Å². The van der Waals surface area contributed by atoms with Crippen LogP contribution in [0, 0.1) is 19.7 Å². The second kappa shape index (κ2) is 11.2. The number of nitrogens with zero attached hydrogens (tertiary/aromatic N) is 3. The molecular weight excluding hydrogens is 525 g/mol. The Morgan fingerprint density at radius 3 is 2.51 bits per heavy atom. The van der Waals surface area contributed by atoms with Gasteiger partial charge in [0.25, 0.3) is 17.4 Å². The van der Waals surface area contributed by atoms with Crippen LogP contribution in [0.4, 0.5) is 27.3 Å². The Bertz CT molecular complexity index is 1570. The van der Waals surface area contributed by atoms with E-state index in [1.165, 1.54) is 48.7 Å². The van der Waals surface area contributed by atoms with Gasteiger partial charge in [-0.1, -0.05) is 12.1 Å². The number of halogens is 1. The Morgan fingerprint density at radius 1 is 1.15 bits per heavy atom. The molecule has 2 aromatic carbocycles. The number of carbonyl (C=O) groups excluding carboxylic acids is 3. The summed E-state index contributed by atoms with van der Waals surface area (Å²) >= 11 is 0. The van der Waals surface area contributed by atoms with E-state index in [0.29, 0.717) is 24.3 Å². The zero-order valence-corrected chi connectivity index (χ0v) is 22.7. The summed E-state index contributed by atoms with van der Waals surface area (Å²) in [6, 6.07) is 10.6. The second-order valence-electron chi connectivity index (χ2n) is 9.12. The molecule has 0 saturated carbocycles. The van der Waals surface area contributed by atoms with E-state index in [1.807, 2.05) is 0 Å². The first-order chi connectivity index (χ1) is 18.6. The number of anilines is 4. The summed E-state index contributed by atoms with van der Waals surface area (Å²) in [6.07, 6.45) is 0.443. The van der Waals surface area contributed by atoms with Crippen LogP contribution in [0.3, 0.4) is 0 Å². The number of aryl methyl sites for hydroxylation is 1. The van der Waals surface area contributed by atoms with Gasteiger partial charge in [0.1, 0.15) is 17.2 Å². The van der Waals surface area contributed by atoms with Gasteiger partial charge in [-0.05, 0) is 49.7 Å². The molecule has 2 heterocycles. The van der Waals surface area contributed by atoms with Gasteiger partial charge in [0, 0.05) is 54.0 Å². The average molecular weight is 554 g/mol. The minimum Gasteiger partial charge on any atom is -0.355 e. The van der Waals surface area contributed by atoms with Crippen LogP contribution in [0.5, 0.6) is 0 Å². The molecule has 204 valence electrons. The summed E-state index contributed by atoms with van der Waals surface area (Å²) in [4.78, 5) is 54.7. The van der Waals surface area contributed by atoms with Crippen molar-refractivity contribution in [2.24, 2.45) is 7.05 Å². The molecule has 4 rings (SSSR count). The highest BCUT2D eigenvalue weighted by molar-refractivity contribution is 7.85. The van der Waals surface area contributed by atoms with Crippen molar-refractivity contribution >= 4 is 51.9 Å². The number of rotatable bonds is 7. The van der Waals surface area contributed by atoms with Crippen LogP contribution in [0.15, 0.2) is 47.3 Å². The molecule has 1 saturated heterocycles. The fourth-order valence-corrected chi connectivity index (χ4v) is 5.59. The highest BCUT2D eigenvalue weighted by atomic mass is 32.2. The molecule has 1 aliphatic heterocycles. The maximum atomic E-state index is 14.8. The van der Waals surface area contributed by atoms with Crippen LogP contribution in [-0.4, -0.2) is 57.1 Å². The summed E-state index contributed by atoms with van der Waals surface area (Å²) < 4.78 is 27.7. The van der Waals surface area contributed by atoms with Crippen molar-refractivity contribution < 1.29 is 23.0 Å². The topological polar surface area (TPSA) is 121 Å². The highest BCUT2D eigenvalue weighted by Gasteiger charge is 2.29. The molecule has 0 bridgehead atoms. The molecule has 10 nitrogen and oxygen atoms in total. The molecule has 3 aromatic rings. The lowest BCUT2D eigenvalue weighted by molar-refractivity contribution is -0.106. The Kier molecular flexibility index (Phi) is 7.95. The van der Waals surface area contributed by atoms with Crippen molar-refractivity contribution in [2.75, 3.05) is 35.4 Å². The maximum Gasteiger partial charge on any atom is 0.256 e. The second-order valence-corrected chi connectivity index (χ2v) is 10.7. The zero-order valence-electron chi connectivity index (χ0n) is 21.9. The number of hydrogen-bond acceptors (Lipinski definition) is 6. The molecule has 1 aliphatic rings. The first-order valence-corrected chi connectivity index (χ1v) is 13.5. The van der Waals surface area contributed by atoms with Crippen molar-refractivity contribution in [3.63, 3.8) is 0 Å². The largest absolute Gasteiger partial charge is 0.355 e. The van der Waals surface area contributed by atoms with E-state index in [2.05, 4.69) is 10.6 Å². The monoisotopic (exact) mass is 553 g/mol. The van der Waals surface area contributed by atoms with Crippen LogP contribution in [0.25, 0.3) is 0 Å². The summed E-state index contributed by atoms with van der Waals surface area (Å²) in [5, 5.41) is 5.38. The Labute approximate surface area is 226 Å². The van der Waals surface area contributed by atoms with Crippen molar-refractivity contribution in [3.05, 3.63) is 80.9 Å². The van der Waals surface area contributed by atoms with Crippen LogP contribution < -0.4 is 21.1 Å². The predicted octanol–water partition coefficient (Wildman–Crippen LogP) is 2.70. The van der Waals surface area contributed by atoms with E-state index >= 15 is 0 Å². The van der Waals surface area contributed by atoms with Crippen molar-refractivity contribution in [3.8, 4) is 0 Å². The molecule has 2 N–H and O–H groups in total. The number of aromatic nitrogens is 1. The van der Waals surface area contributed by atoms with Gasteiger partial charge in [-0.2, -0.15) is 0 Å². The number of benzene rings is 2. The highest BCUT2D eigenvalue weighted by Crippen LogP contribution is 2.35. The molecule has 0 radical (unpaired) electrons. The third-order valence-corrected chi connectivity index (χ3v) is 7.75. The lowest BCUT2D eigenvalue weighted by Gasteiger charge is -2.26. The number of hydrogen-bond donors (Lipinski definition) is 2. The lowest BCUT2D eigenvalue weighted by Crippen LogP contribution is -2.33. The maximum absolute atomic E-state index is 14.8. The predicted molar refractivity (Wildman–Crippen MR) is 148 cm³/mol. The van der Waals surface area contributed by atoms with Crippen LogP contribution in [-0.2, 0) is 22.6 Å².